The maximum absolute atomic E-state index is 5.71. The smallest absolute Gasteiger partial charge is 0.210 e. The van der Waals surface area contributed by atoms with Gasteiger partial charge in [0.25, 0.3) is 0 Å². The van der Waals surface area contributed by atoms with Gasteiger partial charge in [-0.2, -0.15) is 0 Å². The van der Waals surface area contributed by atoms with Crippen LogP contribution in [0.5, 0.6) is 0 Å². The van der Waals surface area contributed by atoms with Gasteiger partial charge in [0.2, 0.25) is 5.13 Å². The van der Waals surface area contributed by atoms with Gasteiger partial charge in [0.15, 0.2) is 0 Å². The van der Waals surface area contributed by atoms with Crippen molar-refractivity contribution in [3.05, 3.63) is 10.5 Å². The monoisotopic (exact) mass is 190 g/mol. The van der Waals surface area contributed by atoms with Crippen molar-refractivity contribution in [2.45, 2.75) is 6.42 Å². The summed E-state index contributed by atoms with van der Waals surface area (Å²) in [5, 5.41) is 2.64. The molecule has 0 atom stereocenters. The van der Waals surface area contributed by atoms with Crippen LogP contribution in [0, 0.1) is 0 Å². The maximum Gasteiger partial charge on any atom is 0.210 e. The standard InChI is InChI=1S/C6H7ClN2OS/c7-5-4-8-6(11-5)9-2-1-3-10-9/h4H,1-3H2. The SMILES string of the molecule is Clc1cnc(N2CCCO2)s1. The van der Waals surface area contributed by atoms with E-state index in [2.05, 4.69) is 4.98 Å². The zero-order chi connectivity index (χ0) is 7.68. The normalized spacial score (nSPS) is 17.7. The molecule has 1 fully saturated rings. The molecular weight excluding hydrogens is 184 g/mol. The van der Waals surface area contributed by atoms with E-state index in [0.717, 1.165) is 24.7 Å². The molecule has 3 nitrogen and oxygen atoms in total. The summed E-state index contributed by atoms with van der Waals surface area (Å²) < 4.78 is 0.704. The molecule has 0 aliphatic carbocycles. The number of hydroxylamine groups is 1. The van der Waals surface area contributed by atoms with Crippen LogP contribution >= 0.6 is 22.9 Å². The summed E-state index contributed by atoms with van der Waals surface area (Å²) in [5.74, 6) is 0. The van der Waals surface area contributed by atoms with Crippen molar-refractivity contribution in [3.8, 4) is 0 Å². The second-order valence-corrected chi connectivity index (χ2v) is 3.88. The molecule has 11 heavy (non-hydrogen) atoms. The molecule has 0 saturated carbocycles. The molecule has 0 amide bonds. The predicted octanol–water partition coefficient (Wildman–Crippen LogP) is 1.94. The molecule has 0 bridgehead atoms. The molecule has 60 valence electrons. The summed E-state index contributed by atoms with van der Waals surface area (Å²) >= 11 is 7.15. The summed E-state index contributed by atoms with van der Waals surface area (Å²) in [7, 11) is 0. The minimum Gasteiger partial charge on any atom is -0.271 e. The fourth-order valence-electron chi connectivity index (χ4n) is 0.959. The summed E-state index contributed by atoms with van der Waals surface area (Å²) in [5.41, 5.74) is 0. The number of rotatable bonds is 1. The van der Waals surface area contributed by atoms with Gasteiger partial charge in [-0.25, -0.2) is 10.0 Å². The van der Waals surface area contributed by atoms with E-state index < -0.39 is 0 Å². The third kappa shape index (κ3) is 1.47. The summed E-state index contributed by atoms with van der Waals surface area (Å²) in [4.78, 5) is 9.36. The van der Waals surface area contributed by atoms with Gasteiger partial charge in [-0.05, 0) is 6.42 Å². The Balaban J connectivity index is 2.15. The number of halogens is 1. The van der Waals surface area contributed by atoms with Crippen molar-refractivity contribution < 1.29 is 4.84 Å². The Labute approximate surface area is 73.5 Å². The van der Waals surface area contributed by atoms with E-state index in [1.165, 1.54) is 11.3 Å². The van der Waals surface area contributed by atoms with E-state index in [0.29, 0.717) is 4.34 Å². The first kappa shape index (κ1) is 7.34. The lowest BCUT2D eigenvalue weighted by atomic mass is 10.5. The molecule has 0 aromatic carbocycles. The molecule has 1 saturated heterocycles. The van der Waals surface area contributed by atoms with E-state index in [-0.39, 0.29) is 0 Å². The van der Waals surface area contributed by atoms with Crippen LogP contribution in [0.3, 0.4) is 0 Å². The summed E-state index contributed by atoms with van der Waals surface area (Å²) in [6.07, 6.45) is 2.71. The van der Waals surface area contributed by atoms with Gasteiger partial charge >= 0.3 is 0 Å². The van der Waals surface area contributed by atoms with Gasteiger partial charge in [0.1, 0.15) is 4.34 Å². The Bertz CT molecular complexity index is 246. The van der Waals surface area contributed by atoms with Crippen LogP contribution in [0.1, 0.15) is 6.42 Å². The van der Waals surface area contributed by atoms with Crippen LogP contribution in [0.2, 0.25) is 4.34 Å². The van der Waals surface area contributed by atoms with E-state index in [1.54, 1.807) is 11.3 Å². The van der Waals surface area contributed by atoms with Crippen molar-refractivity contribution in [2.24, 2.45) is 0 Å². The highest BCUT2D eigenvalue weighted by atomic mass is 35.5. The molecular formula is C6H7ClN2OS. The van der Waals surface area contributed by atoms with E-state index in [4.69, 9.17) is 16.4 Å². The second-order valence-electron chi connectivity index (χ2n) is 2.24. The average molecular weight is 191 g/mol. The first-order valence-electron chi connectivity index (χ1n) is 3.38. The highest BCUT2D eigenvalue weighted by molar-refractivity contribution is 7.19. The quantitative estimate of drug-likeness (QED) is 0.677. The summed E-state index contributed by atoms with van der Waals surface area (Å²) in [6.45, 7) is 1.71. The van der Waals surface area contributed by atoms with E-state index >= 15 is 0 Å². The fraction of sp³-hybridized carbons (Fsp3) is 0.500. The third-order valence-electron chi connectivity index (χ3n) is 1.43. The molecule has 1 aliphatic heterocycles. The number of hydrogen-bond acceptors (Lipinski definition) is 4. The van der Waals surface area contributed by atoms with E-state index in [9.17, 15) is 0 Å². The Morgan fingerprint density at radius 3 is 3.18 bits per heavy atom. The Morgan fingerprint density at radius 2 is 2.64 bits per heavy atom. The zero-order valence-electron chi connectivity index (χ0n) is 5.79. The topological polar surface area (TPSA) is 25.4 Å². The Hall–Kier alpha value is -0.320. The lowest BCUT2D eigenvalue weighted by Crippen LogP contribution is -2.15. The second kappa shape index (κ2) is 2.97. The number of aromatic nitrogens is 1. The van der Waals surface area contributed by atoms with Crippen LogP contribution in [0.4, 0.5) is 5.13 Å². The van der Waals surface area contributed by atoms with Gasteiger partial charge in [-0.15, -0.1) is 0 Å². The molecule has 5 heteroatoms. The van der Waals surface area contributed by atoms with Crippen molar-refractivity contribution in [1.29, 1.82) is 0 Å². The van der Waals surface area contributed by atoms with Crippen molar-refractivity contribution in [3.63, 3.8) is 0 Å². The minimum atomic E-state index is 0.704. The number of anilines is 1. The Kier molecular flexibility index (Phi) is 1.98. The van der Waals surface area contributed by atoms with Crippen LogP contribution in [-0.2, 0) is 4.84 Å². The molecule has 0 N–H and O–H groups in total. The molecule has 2 heterocycles. The molecule has 1 aliphatic rings. The van der Waals surface area contributed by atoms with Gasteiger partial charge in [0.05, 0.1) is 19.3 Å². The molecule has 1 aromatic rings. The molecule has 2 rings (SSSR count). The Morgan fingerprint density at radius 1 is 1.73 bits per heavy atom. The fourth-order valence-corrected chi connectivity index (χ4v) is 1.85. The highest BCUT2D eigenvalue weighted by Gasteiger charge is 2.16. The predicted molar refractivity (Wildman–Crippen MR) is 45.0 cm³/mol. The number of thiazole rings is 1. The van der Waals surface area contributed by atoms with Gasteiger partial charge in [-0.1, -0.05) is 22.9 Å². The first-order chi connectivity index (χ1) is 5.36. The lowest BCUT2D eigenvalue weighted by Gasteiger charge is -2.10. The molecule has 0 radical (unpaired) electrons. The van der Waals surface area contributed by atoms with E-state index in [1.807, 2.05) is 0 Å². The number of nitrogens with zero attached hydrogens (tertiary/aromatic N) is 2. The van der Waals surface area contributed by atoms with Gasteiger partial charge < -0.3 is 0 Å². The first-order valence-corrected chi connectivity index (χ1v) is 4.57. The van der Waals surface area contributed by atoms with Crippen LogP contribution < -0.4 is 5.06 Å². The highest BCUT2D eigenvalue weighted by Crippen LogP contribution is 2.27. The molecule has 0 spiro atoms. The van der Waals surface area contributed by atoms with Crippen LogP contribution in [0.25, 0.3) is 0 Å². The molecule has 0 unspecified atom stereocenters. The van der Waals surface area contributed by atoms with Gasteiger partial charge in [0, 0.05) is 0 Å². The average Bonchev–Trinajstić information content (AvgIpc) is 2.55. The minimum absolute atomic E-state index is 0.704. The maximum atomic E-state index is 5.71. The lowest BCUT2D eigenvalue weighted by molar-refractivity contribution is 0.168. The summed E-state index contributed by atoms with van der Waals surface area (Å²) in [6, 6.07) is 0. The molecule has 1 aromatic heterocycles. The van der Waals surface area contributed by atoms with Crippen LogP contribution in [0.15, 0.2) is 6.20 Å². The third-order valence-corrected chi connectivity index (χ3v) is 2.55. The van der Waals surface area contributed by atoms with Crippen molar-refractivity contribution in [2.75, 3.05) is 18.2 Å². The van der Waals surface area contributed by atoms with Gasteiger partial charge in [-0.3, -0.25) is 4.84 Å². The van der Waals surface area contributed by atoms with Crippen molar-refractivity contribution >= 4 is 28.1 Å². The van der Waals surface area contributed by atoms with Crippen molar-refractivity contribution in [1.82, 2.24) is 4.98 Å². The number of hydrogen-bond donors (Lipinski definition) is 0. The zero-order valence-corrected chi connectivity index (χ0v) is 7.36. The largest absolute Gasteiger partial charge is 0.271 e. The van der Waals surface area contributed by atoms with Crippen LogP contribution in [-0.4, -0.2) is 18.1 Å².